The minimum absolute atomic E-state index is 0.0225. The van der Waals surface area contributed by atoms with Crippen LogP contribution in [0.3, 0.4) is 0 Å². The van der Waals surface area contributed by atoms with Crippen LogP contribution >= 0.6 is 82.6 Å². The lowest BCUT2D eigenvalue weighted by atomic mass is 9.96. The smallest absolute Gasteiger partial charge is 0.227 e. The lowest BCUT2D eigenvalue weighted by molar-refractivity contribution is -0.904. The third-order valence-corrected chi connectivity index (χ3v) is 14.5. The summed E-state index contributed by atoms with van der Waals surface area (Å²) in [6, 6.07) is 31.2. The number of ketones is 1. The number of benzene rings is 3. The Kier molecular flexibility index (Phi) is 17.0. The van der Waals surface area contributed by atoms with Crippen molar-refractivity contribution in [2.75, 3.05) is 26.2 Å². The number of piperazine rings is 1. The quantitative estimate of drug-likeness (QED) is 0.129. The fourth-order valence-electron chi connectivity index (χ4n) is 8.93. The van der Waals surface area contributed by atoms with Gasteiger partial charge in [-0.3, -0.25) is 29.7 Å². The Balaban J connectivity index is 0.000000151. The lowest BCUT2D eigenvalue weighted by Crippen LogP contribution is -2.50. The summed E-state index contributed by atoms with van der Waals surface area (Å²) in [5, 5.41) is 20.4. The number of rotatable bonds is 6. The third kappa shape index (κ3) is 12.5. The van der Waals surface area contributed by atoms with Crippen LogP contribution in [-0.4, -0.2) is 67.8 Å². The highest BCUT2D eigenvalue weighted by Gasteiger charge is 2.34. The summed E-state index contributed by atoms with van der Waals surface area (Å²) in [6.45, 7) is 2.83. The van der Waals surface area contributed by atoms with Crippen LogP contribution in [0.25, 0.3) is 0 Å². The molecule has 1 unspecified atom stereocenters. The highest BCUT2D eigenvalue weighted by atomic mass is 79.9. The first-order chi connectivity index (χ1) is 33.3. The van der Waals surface area contributed by atoms with Crippen molar-refractivity contribution in [3.8, 4) is 6.07 Å². The number of nitrogens with zero attached hydrogens (tertiary/aromatic N) is 7. The number of aromatic nitrogens is 4. The molecule has 7 aromatic rings. The van der Waals surface area contributed by atoms with E-state index in [1.54, 1.807) is 30.6 Å². The van der Waals surface area contributed by atoms with Crippen LogP contribution in [0.1, 0.15) is 78.0 Å². The number of amides is 1. The molecule has 0 spiro atoms. The van der Waals surface area contributed by atoms with Crippen molar-refractivity contribution in [2.24, 2.45) is 0 Å². The number of carbonyl (C=O) groups is 2. The van der Waals surface area contributed by atoms with Crippen LogP contribution in [0.2, 0.25) is 15.1 Å². The SMILES string of the molecule is N#Cc1ncc(Br)cc1CCc1cccc(Cl)c1.O=C(Cc1cc[n+](O)cc1)N1CCN(C2c3ncc(Br)cc3CCc3cccc(Cl)c32)CC1.O=C1c2ncc(Br)cc2CCc2cccc(Cl)c21. The molecule has 0 bridgehead atoms. The fourth-order valence-corrected chi connectivity index (χ4v) is 10.9. The molecule has 69 heavy (non-hydrogen) atoms. The number of nitriles is 1. The van der Waals surface area contributed by atoms with E-state index in [0.29, 0.717) is 41.5 Å². The van der Waals surface area contributed by atoms with Gasteiger partial charge in [0.25, 0.3) is 0 Å². The van der Waals surface area contributed by atoms with Gasteiger partial charge in [0.15, 0.2) is 0 Å². The first-order valence-electron chi connectivity index (χ1n) is 22.2. The van der Waals surface area contributed by atoms with Crippen LogP contribution in [-0.2, 0) is 49.7 Å². The second-order valence-electron chi connectivity index (χ2n) is 16.8. The summed E-state index contributed by atoms with van der Waals surface area (Å²) in [5.41, 5.74) is 11.3. The summed E-state index contributed by atoms with van der Waals surface area (Å²) in [6.07, 6.45) is 13.7. The van der Waals surface area contributed by atoms with Crippen LogP contribution in [0.4, 0.5) is 0 Å². The Hall–Kier alpha value is -5.04. The Labute approximate surface area is 441 Å². The number of carbonyl (C=O) groups excluding carboxylic acids is 2. The number of hydrogen-bond acceptors (Lipinski definition) is 8. The van der Waals surface area contributed by atoms with E-state index in [9.17, 15) is 14.8 Å². The predicted octanol–water partition coefficient (Wildman–Crippen LogP) is 11.6. The van der Waals surface area contributed by atoms with Crippen LogP contribution < -0.4 is 4.73 Å². The highest BCUT2D eigenvalue weighted by Crippen LogP contribution is 2.40. The molecule has 5 heterocycles. The van der Waals surface area contributed by atoms with Gasteiger partial charge in [0.05, 0.1) is 23.2 Å². The molecule has 1 amide bonds. The minimum atomic E-state index is -0.0735. The summed E-state index contributed by atoms with van der Waals surface area (Å²) in [4.78, 5) is 42.9. The van der Waals surface area contributed by atoms with Gasteiger partial charge in [-0.25, -0.2) is 4.98 Å². The van der Waals surface area contributed by atoms with Gasteiger partial charge in [0.2, 0.25) is 24.1 Å². The molecule has 1 saturated heterocycles. The number of hydrogen-bond donors (Lipinski definition) is 1. The molecule has 16 heteroatoms. The second kappa shape index (κ2) is 23.3. The standard InChI is InChI=1S/C25H25BrClN4O2.C14H10BrClN2.C14H9BrClNO/c26-20-15-19-5-4-18-2-1-3-21(27)23(18)25(24(19)28-16-20)30-12-10-29(11-13-30)22(32)14-17-6-8-31(33)9-7-17;15-12-7-11(14(8-17)18-9-12)5-4-10-2-1-3-13(16)6-10;15-10-6-9-5-4-8-2-1-3-11(16)12(8)14(18)13(9)17-7-10/h1-3,6-9,15-16,25,33H,4-5,10-14H2;1-3,6-7,9H,4-5H2;1-3,6-7H,4-5H2/q+1;;. The zero-order chi connectivity index (χ0) is 48.6. The number of fused-ring (bicyclic) bond motifs is 4. The zero-order valence-corrected chi connectivity index (χ0v) is 44.1. The Morgan fingerprint density at radius 2 is 1.33 bits per heavy atom. The number of pyridine rings is 4. The van der Waals surface area contributed by atoms with Crippen molar-refractivity contribution < 1.29 is 19.5 Å². The molecular formula is C53H44Br3Cl3N7O3+. The van der Waals surface area contributed by atoms with E-state index in [4.69, 9.17) is 45.0 Å². The van der Waals surface area contributed by atoms with Gasteiger partial charge in [0, 0.05) is 90.7 Å². The Morgan fingerprint density at radius 3 is 2.07 bits per heavy atom. The molecule has 0 radical (unpaired) electrons. The molecule has 1 N–H and O–H groups in total. The Morgan fingerprint density at radius 1 is 0.710 bits per heavy atom. The molecule has 4 aromatic heterocycles. The maximum atomic E-state index is 12.9. The second-order valence-corrected chi connectivity index (χ2v) is 20.8. The molecule has 10 rings (SSSR count). The normalized spacial score (nSPS) is 15.0. The van der Waals surface area contributed by atoms with Gasteiger partial charge in [-0.1, -0.05) is 71.2 Å². The van der Waals surface area contributed by atoms with Gasteiger partial charge in [-0.05, 0) is 173 Å². The predicted molar refractivity (Wildman–Crippen MR) is 278 cm³/mol. The van der Waals surface area contributed by atoms with E-state index in [1.807, 2.05) is 71.8 Å². The molecular weight excluding hydrogens is 1130 g/mol. The highest BCUT2D eigenvalue weighted by molar-refractivity contribution is 9.11. The van der Waals surface area contributed by atoms with Crippen LogP contribution in [0.15, 0.2) is 135 Å². The van der Waals surface area contributed by atoms with E-state index in [2.05, 4.69) is 80.9 Å². The molecule has 10 nitrogen and oxygen atoms in total. The van der Waals surface area contributed by atoms with E-state index in [0.717, 1.165) is 119 Å². The number of halogens is 6. The van der Waals surface area contributed by atoms with E-state index >= 15 is 0 Å². The molecule has 350 valence electrons. The molecule has 1 fully saturated rings. The van der Waals surface area contributed by atoms with Gasteiger partial charge in [-0.15, -0.1) is 0 Å². The molecule has 1 atom stereocenters. The maximum absolute atomic E-state index is 12.9. The maximum Gasteiger partial charge on any atom is 0.227 e. The zero-order valence-electron chi connectivity index (χ0n) is 37.1. The summed E-state index contributed by atoms with van der Waals surface area (Å²) in [7, 11) is 0. The van der Waals surface area contributed by atoms with Gasteiger partial charge in [-0.2, -0.15) is 5.26 Å². The topological polar surface area (TPSA) is 127 Å². The first kappa shape index (κ1) is 50.4. The van der Waals surface area contributed by atoms with Crippen molar-refractivity contribution in [1.29, 1.82) is 5.26 Å². The summed E-state index contributed by atoms with van der Waals surface area (Å²) >= 11 is 29.2. The summed E-state index contributed by atoms with van der Waals surface area (Å²) in [5.74, 6) is 0.0303. The van der Waals surface area contributed by atoms with E-state index < -0.39 is 0 Å². The molecule has 0 saturated carbocycles. The molecule has 2 aliphatic carbocycles. The molecule has 3 aromatic carbocycles. The average molecular weight is 1170 g/mol. The van der Waals surface area contributed by atoms with Crippen molar-refractivity contribution in [1.82, 2.24) is 24.8 Å². The van der Waals surface area contributed by atoms with Gasteiger partial charge >= 0.3 is 0 Å². The Bertz CT molecular complexity index is 3070. The largest absolute Gasteiger partial charge is 0.340 e. The van der Waals surface area contributed by atoms with Crippen molar-refractivity contribution in [2.45, 2.75) is 51.0 Å². The van der Waals surface area contributed by atoms with Gasteiger partial charge in [0.1, 0.15) is 17.5 Å². The van der Waals surface area contributed by atoms with Crippen molar-refractivity contribution >= 4 is 94.3 Å². The van der Waals surface area contributed by atoms with Crippen LogP contribution in [0.5, 0.6) is 0 Å². The molecule has 3 aliphatic rings. The van der Waals surface area contributed by atoms with Crippen molar-refractivity contribution in [3.05, 3.63) is 218 Å². The van der Waals surface area contributed by atoms with Crippen LogP contribution in [0, 0.1) is 11.3 Å². The molecule has 1 aliphatic heterocycles. The summed E-state index contributed by atoms with van der Waals surface area (Å²) < 4.78 is 3.75. The monoisotopic (exact) mass is 1170 g/mol. The van der Waals surface area contributed by atoms with E-state index in [-0.39, 0.29) is 17.7 Å². The third-order valence-electron chi connectivity index (χ3n) is 12.3. The minimum Gasteiger partial charge on any atom is -0.340 e. The average Bonchev–Trinajstić information content (AvgIpc) is 3.60. The number of aryl methyl sites for hydroxylation is 6. The van der Waals surface area contributed by atoms with E-state index in [1.165, 1.54) is 23.5 Å². The first-order valence-corrected chi connectivity index (χ1v) is 25.7. The van der Waals surface area contributed by atoms with Crippen molar-refractivity contribution in [3.63, 3.8) is 0 Å². The fraction of sp³-hybridized carbons (Fsp3) is 0.226. The lowest BCUT2D eigenvalue weighted by Gasteiger charge is -2.40. The van der Waals surface area contributed by atoms with Gasteiger partial charge < -0.3 is 4.90 Å².